The number of halogens is 2. The van der Waals surface area contributed by atoms with E-state index in [0.717, 1.165) is 16.4 Å². The predicted molar refractivity (Wildman–Crippen MR) is 66.4 cm³/mol. The molecule has 0 fully saturated rings. The topological polar surface area (TPSA) is 22.0 Å². The first-order valence-corrected chi connectivity index (χ1v) is 6.85. The number of hydrogen-bond acceptors (Lipinski definition) is 1. The molecular formula is C13H7F2NOSe. The zero-order chi connectivity index (χ0) is 12.7. The summed E-state index contributed by atoms with van der Waals surface area (Å²) < 4.78 is 28.8. The molecule has 0 saturated heterocycles. The Bertz CT molecular complexity index is 791. The number of rotatable bonds is 1. The van der Waals surface area contributed by atoms with Crippen molar-refractivity contribution in [2.24, 2.45) is 0 Å². The van der Waals surface area contributed by atoms with Gasteiger partial charge in [-0.15, -0.1) is 0 Å². The van der Waals surface area contributed by atoms with E-state index < -0.39 is 11.6 Å². The second-order valence-electron chi connectivity index (χ2n) is 3.78. The van der Waals surface area contributed by atoms with Gasteiger partial charge in [0, 0.05) is 0 Å². The molecule has 0 N–H and O–H groups in total. The van der Waals surface area contributed by atoms with Gasteiger partial charge in [0.2, 0.25) is 0 Å². The predicted octanol–water partition coefficient (Wildman–Crippen LogP) is 2.33. The second-order valence-corrected chi connectivity index (χ2v) is 5.85. The van der Waals surface area contributed by atoms with Gasteiger partial charge < -0.3 is 0 Å². The monoisotopic (exact) mass is 311 g/mol. The summed E-state index contributed by atoms with van der Waals surface area (Å²) in [7, 11) is 0. The van der Waals surface area contributed by atoms with E-state index in [1.54, 1.807) is 12.1 Å². The van der Waals surface area contributed by atoms with Crippen LogP contribution in [-0.2, 0) is 0 Å². The second kappa shape index (κ2) is 4.19. The summed E-state index contributed by atoms with van der Waals surface area (Å²) in [5, 5.41) is 0.598. The summed E-state index contributed by atoms with van der Waals surface area (Å²) in [6, 6.07) is 10.5. The quantitative estimate of drug-likeness (QED) is 0.632. The van der Waals surface area contributed by atoms with Crippen LogP contribution in [0.25, 0.3) is 15.3 Å². The van der Waals surface area contributed by atoms with Gasteiger partial charge in [0.25, 0.3) is 0 Å². The van der Waals surface area contributed by atoms with Crippen LogP contribution in [0.4, 0.5) is 8.78 Å². The Labute approximate surface area is 107 Å². The fourth-order valence-electron chi connectivity index (χ4n) is 1.78. The molecule has 0 saturated carbocycles. The van der Waals surface area contributed by atoms with Crippen molar-refractivity contribution in [2.75, 3.05) is 0 Å². The Kier molecular flexibility index (Phi) is 2.65. The van der Waals surface area contributed by atoms with Gasteiger partial charge in [0.05, 0.1) is 0 Å². The van der Waals surface area contributed by atoms with Crippen LogP contribution in [0.1, 0.15) is 0 Å². The Morgan fingerprint density at radius 1 is 1.06 bits per heavy atom. The molecule has 3 rings (SSSR count). The fraction of sp³-hybridized carbons (Fsp3) is 0. The molecule has 0 bridgehead atoms. The van der Waals surface area contributed by atoms with Crippen molar-refractivity contribution in [3.05, 3.63) is 64.5 Å². The number of aromatic nitrogens is 1. The van der Waals surface area contributed by atoms with Gasteiger partial charge >= 0.3 is 107 Å². The maximum absolute atomic E-state index is 13.7. The number of fused-ring (bicyclic) bond motifs is 1. The average molecular weight is 310 g/mol. The van der Waals surface area contributed by atoms with Crippen LogP contribution in [0.15, 0.2) is 47.3 Å². The number of hydrogen-bond donors (Lipinski definition) is 0. The van der Waals surface area contributed by atoms with Crippen LogP contribution in [0.3, 0.4) is 0 Å². The Balaban J connectivity index is 2.32. The van der Waals surface area contributed by atoms with Crippen LogP contribution in [0, 0.1) is 11.6 Å². The van der Waals surface area contributed by atoms with Gasteiger partial charge in [-0.25, -0.2) is 0 Å². The van der Waals surface area contributed by atoms with Gasteiger partial charge in [-0.2, -0.15) is 0 Å². The molecule has 0 aliphatic carbocycles. The third-order valence-electron chi connectivity index (χ3n) is 2.62. The van der Waals surface area contributed by atoms with E-state index in [4.69, 9.17) is 0 Å². The third kappa shape index (κ3) is 1.72. The number of nitrogens with zero attached hydrogens (tertiary/aromatic N) is 1. The molecule has 2 aromatic carbocycles. The molecule has 90 valence electrons. The first-order chi connectivity index (χ1) is 8.66. The van der Waals surface area contributed by atoms with Crippen molar-refractivity contribution in [1.82, 2.24) is 3.56 Å². The summed E-state index contributed by atoms with van der Waals surface area (Å²) in [5.41, 5.74) is -0.0892. The summed E-state index contributed by atoms with van der Waals surface area (Å²) in [6.45, 7) is 0. The molecule has 18 heavy (non-hydrogen) atoms. The third-order valence-corrected chi connectivity index (χ3v) is 4.92. The van der Waals surface area contributed by atoms with Crippen LogP contribution >= 0.6 is 0 Å². The molecule has 0 amide bonds. The first kappa shape index (κ1) is 11.4. The van der Waals surface area contributed by atoms with E-state index >= 15 is 0 Å². The zero-order valence-corrected chi connectivity index (χ0v) is 10.8. The molecule has 0 aliphatic heterocycles. The van der Waals surface area contributed by atoms with E-state index in [1.165, 1.54) is 9.63 Å². The average Bonchev–Trinajstić information content (AvgIpc) is 2.68. The molecule has 0 unspecified atom stereocenters. The fourth-order valence-corrected chi connectivity index (χ4v) is 3.91. The molecule has 3 aromatic rings. The SMILES string of the molecule is O=c1c2ccccc2[se]n1-c1ccc(F)cc1F. The van der Waals surface area contributed by atoms with Crippen LogP contribution in [0.2, 0.25) is 0 Å². The van der Waals surface area contributed by atoms with Crippen molar-refractivity contribution in [2.45, 2.75) is 0 Å². The molecule has 0 spiro atoms. The van der Waals surface area contributed by atoms with Gasteiger partial charge in [-0.05, 0) is 0 Å². The molecule has 2 nitrogen and oxygen atoms in total. The molecule has 1 aromatic heterocycles. The van der Waals surface area contributed by atoms with E-state index in [1.807, 2.05) is 12.1 Å². The van der Waals surface area contributed by atoms with Crippen molar-refractivity contribution in [1.29, 1.82) is 0 Å². The van der Waals surface area contributed by atoms with E-state index in [2.05, 4.69) is 0 Å². The van der Waals surface area contributed by atoms with E-state index in [-0.39, 0.29) is 26.0 Å². The Morgan fingerprint density at radius 2 is 1.83 bits per heavy atom. The molecular weight excluding hydrogens is 303 g/mol. The van der Waals surface area contributed by atoms with Gasteiger partial charge in [0.1, 0.15) is 0 Å². The molecule has 1 heterocycles. The maximum atomic E-state index is 13.7. The van der Waals surface area contributed by atoms with Crippen LogP contribution in [0.5, 0.6) is 0 Å². The molecule has 0 atom stereocenters. The molecule has 0 radical (unpaired) electrons. The summed E-state index contributed by atoms with van der Waals surface area (Å²) in [4.78, 5) is 12.1. The normalized spacial score (nSPS) is 11.0. The summed E-state index contributed by atoms with van der Waals surface area (Å²) >= 11 is -0.299. The van der Waals surface area contributed by atoms with Crippen molar-refractivity contribution in [3.63, 3.8) is 0 Å². The van der Waals surface area contributed by atoms with Crippen LogP contribution in [-0.4, -0.2) is 18.3 Å². The van der Waals surface area contributed by atoms with Crippen molar-refractivity contribution >= 4 is 24.4 Å². The van der Waals surface area contributed by atoms with Crippen molar-refractivity contribution in [3.8, 4) is 5.69 Å². The first-order valence-electron chi connectivity index (χ1n) is 5.23. The molecule has 5 heteroatoms. The van der Waals surface area contributed by atoms with Crippen molar-refractivity contribution < 1.29 is 8.78 Å². The van der Waals surface area contributed by atoms with E-state index in [9.17, 15) is 13.6 Å². The summed E-state index contributed by atoms with van der Waals surface area (Å²) in [5.74, 6) is -1.36. The van der Waals surface area contributed by atoms with Gasteiger partial charge in [-0.1, -0.05) is 0 Å². The van der Waals surface area contributed by atoms with Gasteiger partial charge in [0.15, 0.2) is 0 Å². The van der Waals surface area contributed by atoms with Crippen LogP contribution < -0.4 is 5.56 Å². The minimum absolute atomic E-state index is 0.137. The Morgan fingerprint density at radius 3 is 2.56 bits per heavy atom. The number of benzene rings is 2. The zero-order valence-electron chi connectivity index (χ0n) is 9.06. The Hall–Kier alpha value is -1.71. The van der Waals surface area contributed by atoms with E-state index in [0.29, 0.717) is 5.39 Å². The summed E-state index contributed by atoms with van der Waals surface area (Å²) in [6.07, 6.45) is 0. The minimum atomic E-state index is -0.710. The van der Waals surface area contributed by atoms with Gasteiger partial charge in [-0.3, -0.25) is 0 Å². The molecule has 0 aliphatic rings. The standard InChI is InChI=1S/C13H7F2NOSe/c14-8-5-6-11(10(15)7-8)16-13(17)9-3-1-2-4-12(9)18-16/h1-7H.